The molecule has 0 bridgehead atoms. The van der Waals surface area contributed by atoms with E-state index in [1.165, 1.54) is 11.1 Å². The summed E-state index contributed by atoms with van der Waals surface area (Å²) in [6, 6.07) is 6.46. The van der Waals surface area contributed by atoms with Gasteiger partial charge in [0.15, 0.2) is 0 Å². The van der Waals surface area contributed by atoms with Crippen LogP contribution < -0.4 is 10.5 Å². The molecule has 4 nitrogen and oxygen atoms in total. The maximum Gasteiger partial charge on any atom is 0.222 e. The van der Waals surface area contributed by atoms with Crippen molar-refractivity contribution in [2.75, 3.05) is 19.7 Å². The molecule has 0 aliphatic carbocycles. The summed E-state index contributed by atoms with van der Waals surface area (Å²) < 4.78 is 5.51. The van der Waals surface area contributed by atoms with Gasteiger partial charge in [-0.2, -0.15) is 0 Å². The number of carbonyl (C=O) groups is 1. The van der Waals surface area contributed by atoms with Gasteiger partial charge in [0.1, 0.15) is 5.75 Å². The molecular formula is C16H22N2O2. The number of nitrogens with two attached hydrogens (primary N) is 1. The largest absolute Gasteiger partial charge is 0.493 e. The number of fused-ring (bicyclic) bond motifs is 1. The molecule has 3 rings (SSSR count). The van der Waals surface area contributed by atoms with E-state index in [9.17, 15) is 4.79 Å². The Balaban J connectivity index is 1.60. The lowest BCUT2D eigenvalue weighted by Crippen LogP contribution is -2.50. The standard InChI is InChI=1S/C16H22N2O2/c1-11-8-16(19)18(10-14(11)17)6-4-12-2-3-15-13(9-12)5-7-20-15/h2-3,9,11,14H,4-8,10,17H2,1H3. The topological polar surface area (TPSA) is 55.6 Å². The number of carbonyl (C=O) groups excluding carboxylic acids is 1. The Hall–Kier alpha value is -1.55. The van der Waals surface area contributed by atoms with E-state index in [1.54, 1.807) is 0 Å². The van der Waals surface area contributed by atoms with Gasteiger partial charge >= 0.3 is 0 Å². The van der Waals surface area contributed by atoms with Gasteiger partial charge in [-0.1, -0.05) is 19.1 Å². The summed E-state index contributed by atoms with van der Waals surface area (Å²) in [5, 5.41) is 0. The Labute approximate surface area is 119 Å². The first-order valence-corrected chi connectivity index (χ1v) is 7.41. The second-order valence-corrected chi connectivity index (χ2v) is 5.98. The molecule has 1 aromatic rings. The highest BCUT2D eigenvalue weighted by Crippen LogP contribution is 2.26. The number of nitrogens with zero attached hydrogens (tertiary/aromatic N) is 1. The van der Waals surface area contributed by atoms with E-state index in [4.69, 9.17) is 10.5 Å². The predicted octanol–water partition coefficient (Wildman–Crippen LogP) is 1.36. The van der Waals surface area contributed by atoms with E-state index in [0.29, 0.717) is 18.9 Å². The molecule has 108 valence electrons. The van der Waals surface area contributed by atoms with Crippen molar-refractivity contribution in [3.8, 4) is 5.75 Å². The molecule has 0 radical (unpaired) electrons. The van der Waals surface area contributed by atoms with E-state index >= 15 is 0 Å². The van der Waals surface area contributed by atoms with Gasteiger partial charge in [-0.05, 0) is 29.5 Å². The molecule has 2 aliphatic rings. The van der Waals surface area contributed by atoms with Crippen LogP contribution in [0, 0.1) is 5.92 Å². The van der Waals surface area contributed by atoms with Crippen LogP contribution in [-0.4, -0.2) is 36.5 Å². The molecule has 1 saturated heterocycles. The quantitative estimate of drug-likeness (QED) is 0.905. The smallest absolute Gasteiger partial charge is 0.222 e. The second-order valence-electron chi connectivity index (χ2n) is 5.98. The van der Waals surface area contributed by atoms with Crippen molar-refractivity contribution in [1.82, 2.24) is 4.90 Å². The minimum atomic E-state index is 0.112. The number of hydrogen-bond donors (Lipinski definition) is 1. The van der Waals surface area contributed by atoms with Crippen molar-refractivity contribution < 1.29 is 9.53 Å². The van der Waals surface area contributed by atoms with Gasteiger partial charge in [0.2, 0.25) is 5.91 Å². The van der Waals surface area contributed by atoms with Crippen LogP contribution in [0.15, 0.2) is 18.2 Å². The van der Waals surface area contributed by atoms with Crippen molar-refractivity contribution >= 4 is 5.91 Å². The number of hydrogen-bond acceptors (Lipinski definition) is 3. The summed E-state index contributed by atoms with van der Waals surface area (Å²) in [7, 11) is 0. The lowest BCUT2D eigenvalue weighted by atomic mass is 9.93. The van der Waals surface area contributed by atoms with E-state index < -0.39 is 0 Å². The molecule has 1 fully saturated rings. The van der Waals surface area contributed by atoms with Gasteiger partial charge in [0.05, 0.1) is 6.61 Å². The molecule has 20 heavy (non-hydrogen) atoms. The Kier molecular flexibility index (Phi) is 3.66. The van der Waals surface area contributed by atoms with Gasteiger partial charge < -0.3 is 15.4 Å². The molecular weight excluding hydrogens is 252 g/mol. The lowest BCUT2D eigenvalue weighted by molar-refractivity contribution is -0.135. The third-order valence-electron chi connectivity index (χ3n) is 4.44. The zero-order chi connectivity index (χ0) is 14.1. The molecule has 2 N–H and O–H groups in total. The van der Waals surface area contributed by atoms with Gasteiger partial charge in [-0.15, -0.1) is 0 Å². The Morgan fingerprint density at radius 1 is 1.45 bits per heavy atom. The zero-order valence-corrected chi connectivity index (χ0v) is 12.0. The van der Waals surface area contributed by atoms with Crippen molar-refractivity contribution in [2.45, 2.75) is 32.2 Å². The van der Waals surface area contributed by atoms with Crippen LogP contribution in [-0.2, 0) is 17.6 Å². The third-order valence-corrected chi connectivity index (χ3v) is 4.44. The number of amides is 1. The van der Waals surface area contributed by atoms with Crippen LogP contribution in [0.2, 0.25) is 0 Å². The van der Waals surface area contributed by atoms with Crippen LogP contribution in [0.5, 0.6) is 5.75 Å². The first-order valence-electron chi connectivity index (χ1n) is 7.41. The highest BCUT2D eigenvalue weighted by Gasteiger charge is 2.28. The summed E-state index contributed by atoms with van der Waals surface area (Å²) >= 11 is 0. The van der Waals surface area contributed by atoms with Crippen molar-refractivity contribution in [3.05, 3.63) is 29.3 Å². The number of rotatable bonds is 3. The fraction of sp³-hybridized carbons (Fsp3) is 0.562. The summed E-state index contributed by atoms with van der Waals surface area (Å²) in [6.45, 7) is 4.30. The number of benzene rings is 1. The van der Waals surface area contributed by atoms with Crippen LogP contribution >= 0.6 is 0 Å². The van der Waals surface area contributed by atoms with Gasteiger partial charge in [0.25, 0.3) is 0 Å². The second kappa shape index (κ2) is 5.44. The SMILES string of the molecule is CC1CC(=O)N(CCc2ccc3c(c2)CCO3)CC1N. The highest BCUT2D eigenvalue weighted by atomic mass is 16.5. The Morgan fingerprint density at radius 2 is 2.30 bits per heavy atom. The molecule has 2 aliphatic heterocycles. The molecule has 1 amide bonds. The first kappa shape index (κ1) is 13.4. The average Bonchev–Trinajstić information content (AvgIpc) is 2.89. The number of likely N-dealkylation sites (tertiary alicyclic amines) is 1. The van der Waals surface area contributed by atoms with E-state index in [0.717, 1.165) is 31.7 Å². The molecule has 0 aromatic heterocycles. The maximum absolute atomic E-state index is 12.0. The molecule has 0 spiro atoms. The summed E-state index contributed by atoms with van der Waals surface area (Å²) in [4.78, 5) is 13.9. The van der Waals surface area contributed by atoms with Crippen LogP contribution in [0.3, 0.4) is 0 Å². The molecule has 1 aromatic carbocycles. The number of piperidine rings is 1. The third kappa shape index (κ3) is 2.66. The molecule has 4 heteroatoms. The van der Waals surface area contributed by atoms with Crippen molar-refractivity contribution in [2.24, 2.45) is 11.7 Å². The van der Waals surface area contributed by atoms with Crippen LogP contribution in [0.25, 0.3) is 0 Å². The molecule has 2 atom stereocenters. The minimum absolute atomic E-state index is 0.112. The summed E-state index contributed by atoms with van der Waals surface area (Å²) in [6.07, 6.45) is 2.47. The maximum atomic E-state index is 12.0. The Morgan fingerprint density at radius 3 is 3.15 bits per heavy atom. The summed E-state index contributed by atoms with van der Waals surface area (Å²) in [5.74, 6) is 1.55. The average molecular weight is 274 g/mol. The van der Waals surface area contributed by atoms with E-state index in [1.807, 2.05) is 11.0 Å². The molecule has 2 heterocycles. The predicted molar refractivity (Wildman–Crippen MR) is 77.7 cm³/mol. The van der Waals surface area contributed by atoms with E-state index in [2.05, 4.69) is 19.1 Å². The normalized spacial score (nSPS) is 25.5. The summed E-state index contributed by atoms with van der Waals surface area (Å²) in [5.41, 5.74) is 8.63. The highest BCUT2D eigenvalue weighted by molar-refractivity contribution is 5.77. The van der Waals surface area contributed by atoms with Crippen LogP contribution in [0.1, 0.15) is 24.5 Å². The van der Waals surface area contributed by atoms with Crippen LogP contribution in [0.4, 0.5) is 0 Å². The molecule has 0 saturated carbocycles. The van der Waals surface area contributed by atoms with E-state index in [-0.39, 0.29) is 11.9 Å². The van der Waals surface area contributed by atoms with Crippen molar-refractivity contribution in [1.29, 1.82) is 0 Å². The number of ether oxygens (including phenoxy) is 1. The molecule has 2 unspecified atom stereocenters. The monoisotopic (exact) mass is 274 g/mol. The van der Waals surface area contributed by atoms with Gasteiger partial charge in [-0.3, -0.25) is 4.79 Å². The lowest BCUT2D eigenvalue weighted by Gasteiger charge is -2.34. The Bertz CT molecular complexity index is 515. The van der Waals surface area contributed by atoms with Crippen molar-refractivity contribution in [3.63, 3.8) is 0 Å². The first-order chi connectivity index (χ1) is 9.63. The van der Waals surface area contributed by atoms with Gasteiger partial charge in [0, 0.05) is 32.0 Å². The zero-order valence-electron chi connectivity index (χ0n) is 12.0. The fourth-order valence-electron chi connectivity index (χ4n) is 2.97. The minimum Gasteiger partial charge on any atom is -0.493 e. The van der Waals surface area contributed by atoms with Gasteiger partial charge in [-0.25, -0.2) is 0 Å². The fourth-order valence-corrected chi connectivity index (χ4v) is 2.97.